The largest absolute Gasteiger partial charge is 0.377 e. The molecule has 0 aromatic carbocycles. The van der Waals surface area contributed by atoms with Gasteiger partial charge in [-0.3, -0.25) is 11.3 Å². The summed E-state index contributed by atoms with van der Waals surface area (Å²) < 4.78 is 5.79. The molecule has 0 radical (unpaired) electrons. The molecule has 1 saturated heterocycles. The van der Waals surface area contributed by atoms with Crippen LogP contribution in [-0.2, 0) is 4.74 Å². The van der Waals surface area contributed by atoms with Gasteiger partial charge in [0.05, 0.1) is 12.1 Å². The zero-order valence-electron chi connectivity index (χ0n) is 10.5. The molecule has 0 aromatic rings. The molecule has 3 N–H and O–H groups in total. The van der Waals surface area contributed by atoms with Gasteiger partial charge in [-0.2, -0.15) is 0 Å². The van der Waals surface area contributed by atoms with Crippen LogP contribution >= 0.6 is 0 Å². The lowest BCUT2D eigenvalue weighted by atomic mass is 9.75. The maximum absolute atomic E-state index is 5.79. The first-order chi connectivity index (χ1) is 7.85. The zero-order chi connectivity index (χ0) is 11.4. The van der Waals surface area contributed by atoms with Crippen molar-refractivity contribution in [3.8, 4) is 0 Å². The van der Waals surface area contributed by atoms with Crippen molar-refractivity contribution in [1.82, 2.24) is 5.43 Å². The van der Waals surface area contributed by atoms with Crippen LogP contribution < -0.4 is 11.3 Å². The number of hydrogen-bond acceptors (Lipinski definition) is 3. The van der Waals surface area contributed by atoms with E-state index in [4.69, 9.17) is 10.6 Å². The Labute approximate surface area is 99.1 Å². The summed E-state index contributed by atoms with van der Waals surface area (Å²) in [5.41, 5.74) is 3.03. The van der Waals surface area contributed by atoms with Crippen LogP contribution in [0.15, 0.2) is 0 Å². The van der Waals surface area contributed by atoms with Gasteiger partial charge in [0.2, 0.25) is 0 Å². The third kappa shape index (κ3) is 2.76. The molecular weight excluding hydrogens is 200 g/mol. The molecular formula is C13H26N2O. The van der Waals surface area contributed by atoms with Crippen LogP contribution in [-0.4, -0.2) is 18.8 Å². The van der Waals surface area contributed by atoms with Gasteiger partial charge in [-0.1, -0.05) is 26.2 Å². The zero-order valence-corrected chi connectivity index (χ0v) is 10.5. The van der Waals surface area contributed by atoms with E-state index >= 15 is 0 Å². The standard InChI is InChI=1S/C13H26N2O/c1-2-10-5-3-6-11(9-10)13(15-14)12-7-4-8-16-12/h10-13,15H,2-9,14H2,1H3. The third-order valence-electron chi connectivity index (χ3n) is 4.47. The van der Waals surface area contributed by atoms with Gasteiger partial charge in [0.25, 0.3) is 0 Å². The number of nitrogens with two attached hydrogens (primary N) is 1. The summed E-state index contributed by atoms with van der Waals surface area (Å²) in [6, 6.07) is 0.386. The molecule has 2 aliphatic rings. The van der Waals surface area contributed by atoms with Crippen LogP contribution in [0.5, 0.6) is 0 Å². The van der Waals surface area contributed by atoms with Gasteiger partial charge in [0.1, 0.15) is 0 Å². The van der Waals surface area contributed by atoms with E-state index in [9.17, 15) is 0 Å². The second kappa shape index (κ2) is 5.99. The summed E-state index contributed by atoms with van der Waals surface area (Å²) in [5, 5.41) is 0. The Morgan fingerprint density at radius 1 is 1.31 bits per heavy atom. The van der Waals surface area contributed by atoms with Crippen LogP contribution in [0, 0.1) is 11.8 Å². The van der Waals surface area contributed by atoms with E-state index in [-0.39, 0.29) is 0 Å². The second-order valence-corrected chi connectivity index (χ2v) is 5.44. The summed E-state index contributed by atoms with van der Waals surface area (Å²) in [7, 11) is 0. The predicted octanol–water partition coefficient (Wildman–Crippen LogP) is 2.21. The topological polar surface area (TPSA) is 47.3 Å². The van der Waals surface area contributed by atoms with Gasteiger partial charge in [0.15, 0.2) is 0 Å². The molecule has 0 bridgehead atoms. The van der Waals surface area contributed by atoms with E-state index in [0.29, 0.717) is 12.1 Å². The Hall–Kier alpha value is -0.120. The lowest BCUT2D eigenvalue weighted by Crippen LogP contribution is -2.49. The van der Waals surface area contributed by atoms with E-state index in [2.05, 4.69) is 12.3 Å². The van der Waals surface area contributed by atoms with E-state index < -0.39 is 0 Å². The molecule has 1 aliphatic carbocycles. The summed E-state index contributed by atoms with van der Waals surface area (Å²) in [6.45, 7) is 3.23. The summed E-state index contributed by atoms with van der Waals surface area (Å²) in [4.78, 5) is 0. The monoisotopic (exact) mass is 226 g/mol. The molecule has 1 aliphatic heterocycles. The minimum absolute atomic E-state index is 0.366. The van der Waals surface area contributed by atoms with Gasteiger partial charge in [-0.25, -0.2) is 0 Å². The van der Waals surface area contributed by atoms with E-state index in [0.717, 1.165) is 18.4 Å². The Morgan fingerprint density at radius 3 is 2.81 bits per heavy atom. The van der Waals surface area contributed by atoms with Crippen molar-refractivity contribution in [3.63, 3.8) is 0 Å². The molecule has 4 unspecified atom stereocenters. The second-order valence-electron chi connectivity index (χ2n) is 5.44. The maximum Gasteiger partial charge on any atom is 0.0745 e. The molecule has 2 rings (SSSR count). The van der Waals surface area contributed by atoms with Crippen LogP contribution in [0.2, 0.25) is 0 Å². The van der Waals surface area contributed by atoms with Crippen molar-refractivity contribution in [1.29, 1.82) is 0 Å². The molecule has 4 atom stereocenters. The molecule has 3 nitrogen and oxygen atoms in total. The number of hydrogen-bond donors (Lipinski definition) is 2. The highest BCUT2D eigenvalue weighted by molar-refractivity contribution is 4.88. The minimum atomic E-state index is 0.366. The summed E-state index contributed by atoms with van der Waals surface area (Å²) in [6.07, 6.45) is 9.51. The molecule has 1 heterocycles. The fourth-order valence-electron chi connectivity index (χ4n) is 3.46. The van der Waals surface area contributed by atoms with Crippen LogP contribution in [0.25, 0.3) is 0 Å². The molecule has 3 heteroatoms. The highest BCUT2D eigenvalue weighted by Gasteiger charge is 2.34. The Balaban J connectivity index is 1.91. The average molecular weight is 226 g/mol. The predicted molar refractivity (Wildman–Crippen MR) is 65.8 cm³/mol. The van der Waals surface area contributed by atoms with Crippen molar-refractivity contribution >= 4 is 0 Å². The number of hydrazine groups is 1. The van der Waals surface area contributed by atoms with E-state index in [1.54, 1.807) is 0 Å². The van der Waals surface area contributed by atoms with Gasteiger partial charge in [-0.05, 0) is 37.5 Å². The van der Waals surface area contributed by atoms with Crippen LogP contribution in [0.3, 0.4) is 0 Å². The van der Waals surface area contributed by atoms with E-state index in [1.165, 1.54) is 44.9 Å². The SMILES string of the molecule is CCC1CCCC(C(NN)C2CCCO2)C1. The minimum Gasteiger partial charge on any atom is -0.377 e. The molecule has 1 saturated carbocycles. The first-order valence-corrected chi connectivity index (χ1v) is 6.92. The summed E-state index contributed by atoms with van der Waals surface area (Å²) >= 11 is 0. The molecule has 94 valence electrons. The van der Waals surface area contributed by atoms with Crippen molar-refractivity contribution in [2.24, 2.45) is 17.7 Å². The van der Waals surface area contributed by atoms with Crippen molar-refractivity contribution in [2.75, 3.05) is 6.61 Å². The number of rotatable bonds is 4. The van der Waals surface area contributed by atoms with Gasteiger partial charge in [-0.15, -0.1) is 0 Å². The molecule has 0 amide bonds. The Morgan fingerprint density at radius 2 is 2.19 bits per heavy atom. The normalized spacial score (nSPS) is 37.5. The number of nitrogens with one attached hydrogen (secondary N) is 1. The Kier molecular flexibility index (Phi) is 4.62. The Bertz CT molecular complexity index is 204. The fourth-order valence-corrected chi connectivity index (χ4v) is 3.46. The average Bonchev–Trinajstić information content (AvgIpc) is 2.84. The van der Waals surface area contributed by atoms with Crippen LogP contribution in [0.1, 0.15) is 51.9 Å². The third-order valence-corrected chi connectivity index (χ3v) is 4.47. The molecule has 0 aromatic heterocycles. The smallest absolute Gasteiger partial charge is 0.0745 e. The summed E-state index contributed by atoms with van der Waals surface area (Å²) in [5.74, 6) is 7.38. The molecule has 2 fully saturated rings. The van der Waals surface area contributed by atoms with Gasteiger partial charge >= 0.3 is 0 Å². The maximum atomic E-state index is 5.79. The highest BCUT2D eigenvalue weighted by Crippen LogP contribution is 2.35. The molecule has 0 spiro atoms. The van der Waals surface area contributed by atoms with Crippen molar-refractivity contribution < 1.29 is 4.74 Å². The van der Waals surface area contributed by atoms with Crippen LogP contribution in [0.4, 0.5) is 0 Å². The van der Waals surface area contributed by atoms with Gasteiger partial charge in [0, 0.05) is 6.61 Å². The van der Waals surface area contributed by atoms with Crippen molar-refractivity contribution in [3.05, 3.63) is 0 Å². The molecule has 16 heavy (non-hydrogen) atoms. The van der Waals surface area contributed by atoms with Gasteiger partial charge < -0.3 is 4.74 Å². The highest BCUT2D eigenvalue weighted by atomic mass is 16.5. The quantitative estimate of drug-likeness (QED) is 0.571. The fraction of sp³-hybridized carbons (Fsp3) is 1.00. The van der Waals surface area contributed by atoms with E-state index in [1.807, 2.05) is 0 Å². The lowest BCUT2D eigenvalue weighted by Gasteiger charge is -2.36. The first-order valence-electron chi connectivity index (χ1n) is 6.92. The first kappa shape index (κ1) is 12.3. The number of ether oxygens (including phenoxy) is 1. The van der Waals surface area contributed by atoms with Crippen molar-refractivity contribution in [2.45, 2.75) is 64.0 Å². The lowest BCUT2D eigenvalue weighted by molar-refractivity contribution is 0.0432.